The van der Waals surface area contributed by atoms with Gasteiger partial charge in [0.2, 0.25) is 5.88 Å². The first-order valence-corrected chi connectivity index (χ1v) is 9.51. The summed E-state index contributed by atoms with van der Waals surface area (Å²) in [5, 5.41) is 2.02. The smallest absolute Gasteiger partial charge is 0.320 e. The molecule has 134 valence electrons. The number of aromatic nitrogens is 2. The van der Waals surface area contributed by atoms with Crippen molar-refractivity contribution in [2.24, 2.45) is 0 Å². The van der Waals surface area contributed by atoms with Crippen LogP contribution in [-0.4, -0.2) is 9.97 Å². The maximum atomic E-state index is 6.02. The third-order valence-corrected chi connectivity index (χ3v) is 4.85. The number of ether oxygens (including phenoxy) is 2. The number of benzene rings is 2. The molecule has 0 aliphatic rings. The first-order valence-electron chi connectivity index (χ1n) is 8.63. The zero-order chi connectivity index (χ0) is 18.3. The summed E-state index contributed by atoms with van der Waals surface area (Å²) in [4.78, 5) is 9.93. The maximum absolute atomic E-state index is 6.02. The van der Waals surface area contributed by atoms with Gasteiger partial charge in [0.05, 0.1) is 5.56 Å². The maximum Gasteiger partial charge on any atom is 0.320 e. The SMILES string of the molecule is c1ccc(COc2ncc(-c3cccs3)c(OCc3ccccc3)n2)cc1. The Kier molecular flexibility index (Phi) is 5.41. The molecule has 2 aromatic carbocycles. The fourth-order valence-electron chi connectivity index (χ4n) is 2.58. The van der Waals surface area contributed by atoms with E-state index in [2.05, 4.69) is 9.97 Å². The molecule has 4 aromatic rings. The van der Waals surface area contributed by atoms with Crippen LogP contribution in [-0.2, 0) is 13.2 Å². The van der Waals surface area contributed by atoms with Gasteiger partial charge in [-0.2, -0.15) is 4.98 Å². The summed E-state index contributed by atoms with van der Waals surface area (Å²) < 4.78 is 11.8. The molecule has 0 atom stereocenters. The van der Waals surface area contributed by atoms with Crippen LogP contribution in [0.3, 0.4) is 0 Å². The molecule has 0 fully saturated rings. The summed E-state index contributed by atoms with van der Waals surface area (Å²) in [6.45, 7) is 0.853. The highest BCUT2D eigenvalue weighted by molar-refractivity contribution is 7.13. The Bertz CT molecular complexity index is 974. The fourth-order valence-corrected chi connectivity index (χ4v) is 3.31. The molecule has 0 aliphatic carbocycles. The Morgan fingerprint density at radius 1 is 0.741 bits per heavy atom. The standard InChI is InChI=1S/C22H18N2O2S/c1-3-8-17(9-4-1)15-25-21-19(20-12-7-13-27-20)14-23-22(24-21)26-16-18-10-5-2-6-11-18/h1-14H,15-16H2. The van der Waals surface area contributed by atoms with Crippen LogP contribution < -0.4 is 9.47 Å². The molecule has 4 rings (SSSR count). The molecule has 5 heteroatoms. The van der Waals surface area contributed by atoms with Crippen molar-refractivity contribution in [2.75, 3.05) is 0 Å². The first kappa shape index (κ1) is 17.2. The highest BCUT2D eigenvalue weighted by Crippen LogP contribution is 2.32. The Morgan fingerprint density at radius 3 is 2.04 bits per heavy atom. The van der Waals surface area contributed by atoms with E-state index in [1.165, 1.54) is 0 Å². The topological polar surface area (TPSA) is 44.2 Å². The van der Waals surface area contributed by atoms with Crippen LogP contribution in [0, 0.1) is 0 Å². The van der Waals surface area contributed by atoms with Crippen LogP contribution >= 0.6 is 11.3 Å². The van der Waals surface area contributed by atoms with Crippen LogP contribution in [0.15, 0.2) is 84.4 Å². The summed E-state index contributed by atoms with van der Waals surface area (Å²) >= 11 is 1.63. The number of hydrogen-bond donors (Lipinski definition) is 0. The van der Waals surface area contributed by atoms with Gasteiger partial charge in [0.25, 0.3) is 0 Å². The summed E-state index contributed by atoms with van der Waals surface area (Å²) in [7, 11) is 0. The molecule has 0 N–H and O–H groups in total. The minimum Gasteiger partial charge on any atom is -0.472 e. The van der Waals surface area contributed by atoms with Crippen molar-refractivity contribution in [3.63, 3.8) is 0 Å². The molecule has 0 aliphatic heterocycles. The minimum absolute atomic E-state index is 0.308. The molecule has 0 bridgehead atoms. The van der Waals surface area contributed by atoms with Gasteiger partial charge in [-0.25, -0.2) is 4.98 Å². The molecule has 0 unspecified atom stereocenters. The molecule has 4 nitrogen and oxygen atoms in total. The second-order valence-electron chi connectivity index (χ2n) is 5.90. The van der Waals surface area contributed by atoms with E-state index in [-0.39, 0.29) is 0 Å². The van der Waals surface area contributed by atoms with Gasteiger partial charge in [0.15, 0.2) is 0 Å². The third kappa shape index (κ3) is 4.51. The Hall–Kier alpha value is -3.18. The third-order valence-electron chi connectivity index (χ3n) is 3.95. The van der Waals surface area contributed by atoms with E-state index in [0.29, 0.717) is 25.1 Å². The molecule has 27 heavy (non-hydrogen) atoms. The van der Waals surface area contributed by atoms with E-state index in [1.807, 2.05) is 78.2 Å². The largest absolute Gasteiger partial charge is 0.472 e. The van der Waals surface area contributed by atoms with Crippen molar-refractivity contribution in [1.29, 1.82) is 0 Å². The first-order chi connectivity index (χ1) is 13.4. The van der Waals surface area contributed by atoms with Crippen LogP contribution in [0.4, 0.5) is 0 Å². The lowest BCUT2D eigenvalue weighted by molar-refractivity contribution is 0.259. The molecule has 0 spiro atoms. The van der Waals surface area contributed by atoms with Gasteiger partial charge < -0.3 is 9.47 Å². The summed E-state index contributed by atoms with van der Waals surface area (Å²) in [6.07, 6.45) is 1.76. The lowest BCUT2D eigenvalue weighted by Crippen LogP contribution is -2.03. The highest BCUT2D eigenvalue weighted by atomic mass is 32.1. The lowest BCUT2D eigenvalue weighted by Gasteiger charge is -2.11. The number of thiophene rings is 1. The zero-order valence-electron chi connectivity index (χ0n) is 14.6. The van der Waals surface area contributed by atoms with Crippen molar-refractivity contribution in [3.05, 3.63) is 95.5 Å². The van der Waals surface area contributed by atoms with Gasteiger partial charge in [-0.15, -0.1) is 11.3 Å². The number of hydrogen-bond acceptors (Lipinski definition) is 5. The van der Waals surface area contributed by atoms with E-state index >= 15 is 0 Å². The van der Waals surface area contributed by atoms with Gasteiger partial charge in [-0.3, -0.25) is 0 Å². The van der Waals surface area contributed by atoms with Gasteiger partial charge in [0, 0.05) is 11.1 Å². The van der Waals surface area contributed by atoms with Crippen LogP contribution in [0.25, 0.3) is 10.4 Å². The minimum atomic E-state index is 0.308. The number of rotatable bonds is 7. The lowest BCUT2D eigenvalue weighted by atomic mass is 10.2. The van der Waals surface area contributed by atoms with Crippen LogP contribution in [0.1, 0.15) is 11.1 Å². The van der Waals surface area contributed by atoms with Gasteiger partial charge >= 0.3 is 6.01 Å². The van der Waals surface area contributed by atoms with Gasteiger partial charge in [-0.05, 0) is 22.6 Å². The van der Waals surface area contributed by atoms with Crippen molar-refractivity contribution >= 4 is 11.3 Å². The average Bonchev–Trinajstić information content (AvgIpc) is 3.27. The molecule has 0 saturated carbocycles. The molecule has 2 aromatic heterocycles. The monoisotopic (exact) mass is 374 g/mol. The average molecular weight is 374 g/mol. The second-order valence-corrected chi connectivity index (χ2v) is 6.84. The summed E-state index contributed by atoms with van der Waals surface area (Å²) in [6, 6.07) is 24.3. The Labute approximate surface area is 162 Å². The van der Waals surface area contributed by atoms with E-state index in [0.717, 1.165) is 21.6 Å². The molecule has 0 amide bonds. The molecule has 0 radical (unpaired) electrons. The molecular formula is C22H18N2O2S. The second kappa shape index (κ2) is 8.47. The van der Waals surface area contributed by atoms with Crippen LogP contribution in [0.2, 0.25) is 0 Å². The van der Waals surface area contributed by atoms with Crippen LogP contribution in [0.5, 0.6) is 11.9 Å². The predicted octanol–water partition coefficient (Wildman–Crippen LogP) is 5.36. The van der Waals surface area contributed by atoms with Crippen molar-refractivity contribution in [2.45, 2.75) is 13.2 Å². The fraction of sp³-hybridized carbons (Fsp3) is 0.0909. The van der Waals surface area contributed by atoms with E-state index < -0.39 is 0 Å². The summed E-state index contributed by atoms with van der Waals surface area (Å²) in [5.74, 6) is 0.527. The predicted molar refractivity (Wildman–Crippen MR) is 107 cm³/mol. The van der Waals surface area contributed by atoms with Crippen molar-refractivity contribution < 1.29 is 9.47 Å². The Balaban J connectivity index is 1.55. The highest BCUT2D eigenvalue weighted by Gasteiger charge is 2.13. The number of nitrogens with zero attached hydrogens (tertiary/aromatic N) is 2. The quantitative estimate of drug-likeness (QED) is 0.437. The molecule has 2 heterocycles. The Morgan fingerprint density at radius 2 is 1.41 bits per heavy atom. The van der Waals surface area contributed by atoms with Gasteiger partial charge in [0.1, 0.15) is 13.2 Å². The van der Waals surface area contributed by atoms with Crippen molar-refractivity contribution in [1.82, 2.24) is 9.97 Å². The van der Waals surface area contributed by atoms with E-state index in [9.17, 15) is 0 Å². The zero-order valence-corrected chi connectivity index (χ0v) is 15.4. The summed E-state index contributed by atoms with van der Waals surface area (Å²) in [5.41, 5.74) is 3.02. The van der Waals surface area contributed by atoms with Gasteiger partial charge in [-0.1, -0.05) is 66.7 Å². The molecule has 0 saturated heterocycles. The van der Waals surface area contributed by atoms with E-state index in [4.69, 9.17) is 9.47 Å². The molecular weight excluding hydrogens is 356 g/mol. The van der Waals surface area contributed by atoms with Crippen molar-refractivity contribution in [3.8, 4) is 22.3 Å². The van der Waals surface area contributed by atoms with E-state index in [1.54, 1.807) is 17.5 Å². The normalized spacial score (nSPS) is 10.5.